The number of carbonyl (C=O) groups is 4. The minimum atomic E-state index is -4.68. The van der Waals surface area contributed by atoms with Gasteiger partial charge in [0, 0.05) is 49.1 Å². The van der Waals surface area contributed by atoms with Crippen LogP contribution in [0.5, 0.6) is 0 Å². The molecule has 0 aliphatic carbocycles. The molecule has 0 spiro atoms. The van der Waals surface area contributed by atoms with E-state index in [9.17, 15) is 45.5 Å². The number of hydrogen-bond donors (Lipinski definition) is 4. The molecule has 4 amide bonds. The summed E-state index contributed by atoms with van der Waals surface area (Å²) in [4.78, 5) is 57.8. The van der Waals surface area contributed by atoms with E-state index in [0.29, 0.717) is 25.9 Å². The molecule has 8 N–H and O–H groups in total. The first-order valence-corrected chi connectivity index (χ1v) is 16.7. The third-order valence-electron chi connectivity index (χ3n) is 8.97. The molecule has 6 rings (SSSR count). The Morgan fingerprint density at radius 1 is 0.607 bits per heavy atom. The fourth-order valence-corrected chi connectivity index (χ4v) is 6.45. The number of nitrogens with two attached hydrogens (primary N) is 4. The number of benzene rings is 2. The van der Waals surface area contributed by atoms with Gasteiger partial charge in [0.05, 0.1) is 23.7 Å². The van der Waals surface area contributed by atoms with E-state index in [1.165, 1.54) is 58.7 Å². The van der Waals surface area contributed by atoms with E-state index in [1.807, 2.05) is 0 Å². The van der Waals surface area contributed by atoms with Crippen molar-refractivity contribution in [1.29, 1.82) is 0 Å². The van der Waals surface area contributed by atoms with Gasteiger partial charge in [-0.3, -0.25) is 19.2 Å². The summed E-state index contributed by atoms with van der Waals surface area (Å²) in [5.41, 5.74) is 18.0. The molecule has 4 aromatic rings. The van der Waals surface area contributed by atoms with Crippen molar-refractivity contribution < 1.29 is 54.4 Å². The monoisotopic (exact) mass is 788 g/mol. The van der Waals surface area contributed by atoms with E-state index in [-0.39, 0.29) is 58.7 Å². The van der Waals surface area contributed by atoms with Crippen LogP contribution < -0.4 is 22.9 Å². The van der Waals surface area contributed by atoms with Gasteiger partial charge in [-0.25, -0.2) is 0 Å². The Labute approximate surface area is 313 Å². The zero-order valence-electron chi connectivity index (χ0n) is 29.1. The topological polar surface area (TPSA) is 230 Å². The molecule has 2 aromatic carbocycles. The van der Waals surface area contributed by atoms with E-state index in [0.717, 1.165) is 12.1 Å². The highest BCUT2D eigenvalue weighted by molar-refractivity contribution is 6.02. The number of halogens is 6. The molecular weight excluding hydrogens is 754 g/mol. The van der Waals surface area contributed by atoms with Gasteiger partial charge in [-0.05, 0) is 72.5 Å². The Hall–Kier alpha value is -6.60. The maximum Gasteiger partial charge on any atom is 0.416 e. The van der Waals surface area contributed by atoms with Crippen molar-refractivity contribution in [2.24, 2.45) is 32.9 Å². The number of hydrogen-bond acceptors (Lipinski definition) is 6. The standard InChI is InChI=1S/2C18H17F3N4O3/c2*19-18(20,21)13-8-10(15(26)24-17(22)23)3-4-12(13)11-5-6-25(9-11)16(27)14-2-1-7-28-14/h2*1-4,7-8,11H,5-6,9H2,(H4,22,23,24,26)/t2*11-/m10/s1. The quantitative estimate of drug-likeness (QED) is 0.120. The van der Waals surface area contributed by atoms with Crippen molar-refractivity contribution in [2.75, 3.05) is 26.2 Å². The number of amides is 4. The van der Waals surface area contributed by atoms with E-state index in [2.05, 4.69) is 9.98 Å². The molecule has 56 heavy (non-hydrogen) atoms. The summed E-state index contributed by atoms with van der Waals surface area (Å²) in [6.07, 6.45) is -5.93. The molecule has 296 valence electrons. The van der Waals surface area contributed by atoms with Gasteiger partial charge in [-0.15, -0.1) is 0 Å². The van der Waals surface area contributed by atoms with E-state index < -0.39 is 59.0 Å². The summed E-state index contributed by atoms with van der Waals surface area (Å²) in [7, 11) is 0. The number of guanidine groups is 2. The lowest BCUT2D eigenvalue weighted by molar-refractivity contribution is -0.139. The molecule has 2 aliphatic rings. The van der Waals surface area contributed by atoms with Gasteiger partial charge in [-0.2, -0.15) is 36.3 Å². The summed E-state index contributed by atoms with van der Waals surface area (Å²) in [5.74, 6) is -4.52. The lowest BCUT2D eigenvalue weighted by Crippen LogP contribution is -2.28. The maximum atomic E-state index is 13.6. The van der Waals surface area contributed by atoms with Gasteiger partial charge >= 0.3 is 12.4 Å². The molecule has 2 aliphatic heterocycles. The van der Waals surface area contributed by atoms with Gasteiger partial charge in [-0.1, -0.05) is 12.1 Å². The normalized spacial score (nSPS) is 16.8. The SMILES string of the molecule is NC(N)=NC(=O)c1ccc([C@@H]2CCN(C(=O)c3ccco3)C2)c(C(F)(F)F)c1.NC(N)=NC(=O)c1ccc([C@H]2CCN(C(=O)c3ccco3)C2)c(C(F)(F)F)c1. The third-order valence-corrected chi connectivity index (χ3v) is 8.97. The summed E-state index contributed by atoms with van der Waals surface area (Å²) in [6.45, 7) is 0.833. The molecule has 2 atom stereocenters. The molecule has 14 nitrogen and oxygen atoms in total. The van der Waals surface area contributed by atoms with Gasteiger partial charge < -0.3 is 41.6 Å². The van der Waals surface area contributed by atoms with Crippen molar-refractivity contribution in [3.05, 3.63) is 118 Å². The van der Waals surface area contributed by atoms with Crippen molar-refractivity contribution >= 4 is 35.5 Å². The summed E-state index contributed by atoms with van der Waals surface area (Å²) >= 11 is 0. The molecular formula is C36H34F6N8O6. The van der Waals surface area contributed by atoms with Crippen molar-refractivity contribution in [3.8, 4) is 0 Å². The van der Waals surface area contributed by atoms with Crippen LogP contribution >= 0.6 is 0 Å². The molecule has 0 unspecified atom stereocenters. The van der Waals surface area contributed by atoms with Crippen LogP contribution in [0.3, 0.4) is 0 Å². The minimum Gasteiger partial charge on any atom is -0.459 e. The van der Waals surface area contributed by atoms with Gasteiger partial charge in [0.2, 0.25) is 0 Å². The molecule has 4 heterocycles. The second-order valence-electron chi connectivity index (χ2n) is 12.7. The lowest BCUT2D eigenvalue weighted by atomic mass is 9.91. The molecule has 2 saturated heterocycles. The Balaban J connectivity index is 0.000000214. The molecule has 0 bridgehead atoms. The van der Waals surface area contributed by atoms with Crippen molar-refractivity contribution in [1.82, 2.24) is 9.80 Å². The van der Waals surface area contributed by atoms with Gasteiger partial charge in [0.15, 0.2) is 23.4 Å². The van der Waals surface area contributed by atoms with Crippen LogP contribution in [0.1, 0.15) is 88.8 Å². The number of likely N-dealkylation sites (tertiary alicyclic amines) is 2. The van der Waals surface area contributed by atoms with Crippen LogP contribution in [0.2, 0.25) is 0 Å². The van der Waals surface area contributed by atoms with Crippen molar-refractivity contribution in [2.45, 2.75) is 37.0 Å². The van der Waals surface area contributed by atoms with Crippen LogP contribution in [0.4, 0.5) is 26.3 Å². The third kappa shape index (κ3) is 9.54. The Bertz CT molecular complexity index is 1990. The number of carbonyl (C=O) groups excluding carboxylic acids is 4. The van der Waals surface area contributed by atoms with E-state index in [1.54, 1.807) is 12.1 Å². The predicted octanol–water partition coefficient (Wildman–Crippen LogP) is 4.68. The number of furan rings is 2. The zero-order chi connectivity index (χ0) is 40.9. The summed E-state index contributed by atoms with van der Waals surface area (Å²) < 4.78 is 91.7. The highest BCUT2D eigenvalue weighted by atomic mass is 19.4. The maximum absolute atomic E-state index is 13.6. The van der Waals surface area contributed by atoms with Crippen LogP contribution in [0.25, 0.3) is 0 Å². The Morgan fingerprint density at radius 3 is 1.29 bits per heavy atom. The number of alkyl halides is 6. The highest BCUT2D eigenvalue weighted by Gasteiger charge is 2.40. The van der Waals surface area contributed by atoms with Gasteiger partial charge in [0.25, 0.3) is 23.6 Å². The molecule has 2 aromatic heterocycles. The second kappa shape index (κ2) is 16.4. The average molecular weight is 789 g/mol. The molecule has 2 fully saturated rings. The predicted molar refractivity (Wildman–Crippen MR) is 187 cm³/mol. The second-order valence-corrected chi connectivity index (χ2v) is 12.7. The van der Waals surface area contributed by atoms with Crippen LogP contribution in [-0.4, -0.2) is 71.5 Å². The minimum absolute atomic E-state index is 0.0171. The highest BCUT2D eigenvalue weighted by Crippen LogP contribution is 2.41. The smallest absolute Gasteiger partial charge is 0.416 e. The molecule has 0 radical (unpaired) electrons. The van der Waals surface area contributed by atoms with Gasteiger partial charge in [0.1, 0.15) is 0 Å². The number of rotatable bonds is 6. The number of nitrogens with zero attached hydrogens (tertiary/aromatic N) is 4. The fourth-order valence-electron chi connectivity index (χ4n) is 6.45. The zero-order valence-corrected chi connectivity index (χ0v) is 29.1. The lowest BCUT2D eigenvalue weighted by Gasteiger charge is -2.19. The molecule has 0 saturated carbocycles. The Kier molecular flexibility index (Phi) is 11.9. The Morgan fingerprint density at radius 2 is 0.982 bits per heavy atom. The van der Waals surface area contributed by atoms with Crippen LogP contribution in [0.15, 0.2) is 92.0 Å². The van der Waals surface area contributed by atoms with Crippen LogP contribution in [-0.2, 0) is 12.4 Å². The van der Waals surface area contributed by atoms with E-state index >= 15 is 0 Å². The van der Waals surface area contributed by atoms with E-state index in [4.69, 9.17) is 31.8 Å². The average Bonchev–Trinajstić information content (AvgIpc) is 3.98. The van der Waals surface area contributed by atoms with Crippen molar-refractivity contribution in [3.63, 3.8) is 0 Å². The summed E-state index contributed by atoms with van der Waals surface area (Å²) in [6, 6.07) is 12.6. The fraction of sp³-hybridized carbons (Fsp3) is 0.278. The first-order valence-electron chi connectivity index (χ1n) is 16.7. The molecule has 20 heteroatoms. The summed E-state index contributed by atoms with van der Waals surface area (Å²) in [5, 5.41) is 0. The largest absolute Gasteiger partial charge is 0.459 e. The van der Waals surface area contributed by atoms with Crippen LogP contribution in [0, 0.1) is 0 Å². The first-order chi connectivity index (χ1) is 26.3. The number of aliphatic imine (C=N–C) groups is 2. The first kappa shape index (κ1) is 40.6.